The van der Waals surface area contributed by atoms with Crippen LogP contribution < -0.4 is 5.32 Å². The van der Waals surface area contributed by atoms with Gasteiger partial charge in [-0.3, -0.25) is 9.78 Å². The van der Waals surface area contributed by atoms with E-state index in [2.05, 4.69) is 31.3 Å². The van der Waals surface area contributed by atoms with Crippen LogP contribution in [0.15, 0.2) is 59.5 Å². The summed E-state index contributed by atoms with van der Waals surface area (Å²) in [5.41, 5.74) is 3.06. The van der Waals surface area contributed by atoms with Crippen molar-refractivity contribution in [3.8, 4) is 16.9 Å². The molecule has 0 radical (unpaired) electrons. The molecule has 2 heterocycles. The molecule has 3 aromatic rings. The van der Waals surface area contributed by atoms with Crippen LogP contribution in [0.4, 0.5) is 0 Å². The highest BCUT2D eigenvalue weighted by molar-refractivity contribution is 9.10. The molecule has 0 aliphatic rings. The number of benzene rings is 1. The van der Waals surface area contributed by atoms with Crippen LogP contribution in [0.3, 0.4) is 0 Å². The predicted molar refractivity (Wildman–Crippen MR) is 98.5 cm³/mol. The highest BCUT2D eigenvalue weighted by atomic mass is 79.9. The minimum atomic E-state index is -0.196. The van der Waals surface area contributed by atoms with Crippen LogP contribution in [-0.2, 0) is 0 Å². The summed E-state index contributed by atoms with van der Waals surface area (Å²) in [6.07, 6.45) is 5.71. The Morgan fingerprint density at radius 2 is 1.96 bits per heavy atom. The summed E-state index contributed by atoms with van der Waals surface area (Å²) in [5, 5.41) is 15.8. The third-order valence-corrected chi connectivity index (χ3v) is 4.14. The Hall–Kier alpha value is -2.51. The number of pyridine rings is 1. The van der Waals surface area contributed by atoms with Crippen LogP contribution >= 0.6 is 15.9 Å². The van der Waals surface area contributed by atoms with Gasteiger partial charge in [-0.25, -0.2) is 4.68 Å². The lowest BCUT2D eigenvalue weighted by molar-refractivity contribution is 0.0951. The van der Waals surface area contributed by atoms with Crippen LogP contribution in [0.5, 0.6) is 0 Å². The molecule has 2 N–H and O–H groups in total. The first-order valence-electron chi connectivity index (χ1n) is 7.83. The van der Waals surface area contributed by atoms with Crippen LogP contribution in [0, 0.1) is 0 Å². The van der Waals surface area contributed by atoms with Crippen LogP contribution in [-0.4, -0.2) is 38.9 Å². The topological polar surface area (TPSA) is 80.0 Å². The molecule has 0 unspecified atom stereocenters. The second kappa shape index (κ2) is 8.04. The molecule has 3 rings (SSSR count). The standard InChI is InChI=1S/C18H17BrN4O2/c19-15-3-5-16(6-4-15)23-12-14(11-22-23)17-7-2-13(10-21-17)18(25)20-8-1-9-24/h2-7,10-12,24H,1,8-9H2,(H,20,25). The second-order valence-electron chi connectivity index (χ2n) is 5.42. The van der Waals surface area contributed by atoms with Crippen molar-refractivity contribution >= 4 is 21.8 Å². The van der Waals surface area contributed by atoms with Crippen molar-refractivity contribution in [1.82, 2.24) is 20.1 Å². The summed E-state index contributed by atoms with van der Waals surface area (Å²) in [6.45, 7) is 0.497. The number of amides is 1. The van der Waals surface area contributed by atoms with Crippen molar-refractivity contribution < 1.29 is 9.90 Å². The van der Waals surface area contributed by atoms with Gasteiger partial charge < -0.3 is 10.4 Å². The van der Waals surface area contributed by atoms with Crippen molar-refractivity contribution in [2.24, 2.45) is 0 Å². The molecule has 7 heteroatoms. The Kier molecular flexibility index (Phi) is 5.57. The largest absolute Gasteiger partial charge is 0.396 e. The number of aliphatic hydroxyl groups is 1. The maximum atomic E-state index is 11.9. The maximum Gasteiger partial charge on any atom is 0.252 e. The first-order chi connectivity index (χ1) is 12.2. The minimum absolute atomic E-state index is 0.0554. The number of aromatic nitrogens is 3. The van der Waals surface area contributed by atoms with E-state index >= 15 is 0 Å². The molecule has 0 fully saturated rings. The predicted octanol–water partition coefficient (Wildman–Crippen LogP) is 2.81. The maximum absolute atomic E-state index is 11.9. The second-order valence-corrected chi connectivity index (χ2v) is 6.33. The van der Waals surface area contributed by atoms with E-state index in [9.17, 15) is 4.79 Å². The van der Waals surface area contributed by atoms with E-state index in [-0.39, 0.29) is 12.5 Å². The van der Waals surface area contributed by atoms with Gasteiger partial charge in [-0.2, -0.15) is 5.10 Å². The summed E-state index contributed by atoms with van der Waals surface area (Å²) < 4.78 is 2.79. The average Bonchev–Trinajstić information content (AvgIpc) is 3.13. The Balaban J connectivity index is 1.72. The molecule has 0 aliphatic carbocycles. The number of carbonyl (C=O) groups is 1. The van der Waals surface area contributed by atoms with E-state index < -0.39 is 0 Å². The lowest BCUT2D eigenvalue weighted by atomic mass is 10.2. The molecule has 0 spiro atoms. The van der Waals surface area contributed by atoms with Gasteiger partial charge in [0.25, 0.3) is 5.91 Å². The minimum Gasteiger partial charge on any atom is -0.396 e. The highest BCUT2D eigenvalue weighted by Gasteiger charge is 2.08. The Morgan fingerprint density at radius 1 is 1.16 bits per heavy atom. The third-order valence-electron chi connectivity index (χ3n) is 3.62. The van der Waals surface area contributed by atoms with Gasteiger partial charge in [0.2, 0.25) is 0 Å². The van der Waals surface area contributed by atoms with Crippen molar-refractivity contribution in [3.63, 3.8) is 0 Å². The van der Waals surface area contributed by atoms with Crippen molar-refractivity contribution in [2.75, 3.05) is 13.2 Å². The summed E-state index contributed by atoms with van der Waals surface area (Å²) in [6, 6.07) is 11.4. The van der Waals surface area contributed by atoms with E-state index in [0.717, 1.165) is 21.4 Å². The lowest BCUT2D eigenvalue weighted by Crippen LogP contribution is -2.25. The number of aliphatic hydroxyl groups excluding tert-OH is 1. The average molecular weight is 401 g/mol. The van der Waals surface area contributed by atoms with E-state index in [1.54, 1.807) is 29.2 Å². The molecule has 0 bridgehead atoms. The van der Waals surface area contributed by atoms with Gasteiger partial charge in [-0.05, 0) is 42.8 Å². The quantitative estimate of drug-likeness (QED) is 0.623. The first kappa shape index (κ1) is 17.3. The molecule has 1 amide bonds. The summed E-state index contributed by atoms with van der Waals surface area (Å²) in [4.78, 5) is 16.3. The molecule has 6 nitrogen and oxygen atoms in total. The number of halogens is 1. The monoisotopic (exact) mass is 400 g/mol. The van der Waals surface area contributed by atoms with E-state index in [4.69, 9.17) is 5.11 Å². The first-order valence-corrected chi connectivity index (χ1v) is 8.63. The third kappa shape index (κ3) is 4.32. The number of hydrogen-bond acceptors (Lipinski definition) is 4. The van der Waals surface area contributed by atoms with Gasteiger partial charge in [-0.1, -0.05) is 15.9 Å². The molecular weight excluding hydrogens is 384 g/mol. The summed E-state index contributed by atoms with van der Waals surface area (Å²) in [5.74, 6) is -0.196. The van der Waals surface area contributed by atoms with Crippen LogP contribution in [0.1, 0.15) is 16.8 Å². The van der Waals surface area contributed by atoms with Crippen molar-refractivity contribution in [1.29, 1.82) is 0 Å². The smallest absolute Gasteiger partial charge is 0.252 e. The number of hydrogen-bond donors (Lipinski definition) is 2. The summed E-state index contributed by atoms with van der Waals surface area (Å²) >= 11 is 3.41. The van der Waals surface area contributed by atoms with Gasteiger partial charge in [0.1, 0.15) is 0 Å². The Morgan fingerprint density at radius 3 is 2.64 bits per heavy atom. The van der Waals surface area contributed by atoms with Gasteiger partial charge >= 0.3 is 0 Å². The molecule has 128 valence electrons. The number of nitrogens with one attached hydrogen (secondary N) is 1. The molecule has 0 saturated heterocycles. The summed E-state index contributed by atoms with van der Waals surface area (Å²) in [7, 11) is 0. The van der Waals surface area contributed by atoms with Gasteiger partial charge in [0, 0.05) is 35.6 Å². The number of carbonyl (C=O) groups excluding carboxylic acids is 1. The van der Waals surface area contributed by atoms with Crippen molar-refractivity contribution in [3.05, 3.63) is 65.0 Å². The zero-order valence-electron chi connectivity index (χ0n) is 13.4. The number of rotatable bonds is 6. The molecule has 0 aliphatic heterocycles. The fourth-order valence-corrected chi connectivity index (χ4v) is 2.54. The van der Waals surface area contributed by atoms with Crippen LogP contribution in [0.2, 0.25) is 0 Å². The zero-order valence-corrected chi connectivity index (χ0v) is 15.0. The van der Waals surface area contributed by atoms with Gasteiger partial charge in [0.15, 0.2) is 0 Å². The molecular formula is C18H17BrN4O2. The fourth-order valence-electron chi connectivity index (χ4n) is 2.27. The van der Waals surface area contributed by atoms with E-state index in [1.165, 1.54) is 0 Å². The lowest BCUT2D eigenvalue weighted by Gasteiger charge is -2.04. The van der Waals surface area contributed by atoms with E-state index in [1.807, 2.05) is 30.5 Å². The Bertz CT molecular complexity index is 844. The molecule has 2 aromatic heterocycles. The number of nitrogens with zero attached hydrogens (tertiary/aromatic N) is 3. The highest BCUT2D eigenvalue weighted by Crippen LogP contribution is 2.19. The zero-order chi connectivity index (χ0) is 17.6. The molecule has 0 saturated carbocycles. The van der Waals surface area contributed by atoms with Gasteiger partial charge in [-0.15, -0.1) is 0 Å². The fraction of sp³-hybridized carbons (Fsp3) is 0.167. The Labute approximate surface area is 153 Å². The van der Waals surface area contributed by atoms with Crippen molar-refractivity contribution in [2.45, 2.75) is 6.42 Å². The van der Waals surface area contributed by atoms with Gasteiger partial charge in [0.05, 0.1) is 23.1 Å². The molecule has 0 atom stereocenters. The van der Waals surface area contributed by atoms with Crippen LogP contribution in [0.25, 0.3) is 16.9 Å². The SMILES string of the molecule is O=C(NCCCO)c1ccc(-c2cnn(-c3ccc(Br)cc3)c2)nc1. The van der Waals surface area contributed by atoms with E-state index in [0.29, 0.717) is 18.5 Å². The molecule has 1 aromatic carbocycles. The molecule has 25 heavy (non-hydrogen) atoms. The normalized spacial score (nSPS) is 10.6.